The maximum atomic E-state index is 5.95. The average Bonchev–Trinajstić information content (AvgIpc) is 2.49. The summed E-state index contributed by atoms with van der Waals surface area (Å²) in [4.78, 5) is 4.38. The first-order chi connectivity index (χ1) is 10.1. The number of aryl methyl sites for hydroxylation is 1. The van der Waals surface area contributed by atoms with E-state index in [1.165, 1.54) is 5.56 Å². The Bertz CT molecular complexity index is 654. The van der Waals surface area contributed by atoms with Crippen LogP contribution in [0.4, 0.5) is 5.69 Å². The van der Waals surface area contributed by atoms with E-state index in [9.17, 15) is 0 Å². The van der Waals surface area contributed by atoms with Gasteiger partial charge in [-0.25, -0.2) is 4.99 Å². The molecule has 0 bridgehead atoms. The molecule has 0 atom stereocenters. The Morgan fingerprint density at radius 2 is 1.90 bits per heavy atom. The first kappa shape index (κ1) is 16.0. The van der Waals surface area contributed by atoms with Crippen molar-refractivity contribution in [2.24, 2.45) is 10.7 Å². The fourth-order valence-corrected chi connectivity index (χ4v) is 2.60. The van der Waals surface area contributed by atoms with E-state index in [1.807, 2.05) is 18.2 Å². The quantitative estimate of drug-likeness (QED) is 0.566. The summed E-state index contributed by atoms with van der Waals surface area (Å²) in [5, 5.41) is 3.10. The Kier molecular flexibility index (Phi) is 5.82. The van der Waals surface area contributed by atoms with Crippen LogP contribution >= 0.6 is 31.9 Å². The summed E-state index contributed by atoms with van der Waals surface area (Å²) < 4.78 is 1.92. The summed E-state index contributed by atoms with van der Waals surface area (Å²) in [6.45, 7) is 2.71. The van der Waals surface area contributed by atoms with Gasteiger partial charge in [-0.3, -0.25) is 0 Å². The van der Waals surface area contributed by atoms with E-state index >= 15 is 0 Å². The van der Waals surface area contributed by atoms with Crippen LogP contribution in [0.1, 0.15) is 18.1 Å². The van der Waals surface area contributed by atoms with Crippen LogP contribution in [0, 0.1) is 0 Å². The molecule has 0 radical (unpaired) electrons. The molecule has 0 saturated carbocycles. The van der Waals surface area contributed by atoms with Crippen LogP contribution in [0.3, 0.4) is 0 Å². The molecule has 0 fully saturated rings. The SMILES string of the molecule is CCc1cccc(CN=C(N)Nc2cc(Br)ccc2Br)c1. The fourth-order valence-electron chi connectivity index (χ4n) is 1.90. The number of hydrogen-bond donors (Lipinski definition) is 2. The second-order valence-electron chi connectivity index (χ2n) is 4.62. The van der Waals surface area contributed by atoms with Crippen LogP contribution in [-0.4, -0.2) is 5.96 Å². The summed E-state index contributed by atoms with van der Waals surface area (Å²) in [6, 6.07) is 14.2. The minimum atomic E-state index is 0.399. The second kappa shape index (κ2) is 7.61. The highest BCUT2D eigenvalue weighted by molar-refractivity contribution is 9.11. The van der Waals surface area contributed by atoms with Gasteiger partial charge in [0.25, 0.3) is 0 Å². The van der Waals surface area contributed by atoms with E-state index in [2.05, 4.69) is 73.4 Å². The zero-order chi connectivity index (χ0) is 15.2. The van der Waals surface area contributed by atoms with Crippen LogP contribution in [0.15, 0.2) is 56.4 Å². The third-order valence-electron chi connectivity index (χ3n) is 3.02. The molecule has 0 aliphatic carbocycles. The summed E-state index contributed by atoms with van der Waals surface area (Å²) in [7, 11) is 0. The number of benzene rings is 2. The molecule has 2 aromatic rings. The van der Waals surface area contributed by atoms with Crippen LogP contribution in [0.25, 0.3) is 0 Å². The molecular weight excluding hydrogens is 394 g/mol. The molecule has 110 valence electrons. The van der Waals surface area contributed by atoms with Gasteiger partial charge in [-0.1, -0.05) is 47.1 Å². The Morgan fingerprint density at radius 3 is 2.67 bits per heavy atom. The molecule has 0 heterocycles. The average molecular weight is 411 g/mol. The van der Waals surface area contributed by atoms with Gasteiger partial charge in [-0.2, -0.15) is 0 Å². The van der Waals surface area contributed by atoms with Crippen LogP contribution < -0.4 is 11.1 Å². The maximum absolute atomic E-state index is 5.95. The molecule has 2 rings (SSSR count). The minimum absolute atomic E-state index is 0.399. The number of nitrogens with two attached hydrogens (primary N) is 1. The van der Waals surface area contributed by atoms with E-state index in [0.29, 0.717) is 12.5 Å². The monoisotopic (exact) mass is 409 g/mol. The number of guanidine groups is 1. The number of anilines is 1. The van der Waals surface area contributed by atoms with Gasteiger partial charge in [0.05, 0.1) is 12.2 Å². The van der Waals surface area contributed by atoms with Crippen molar-refractivity contribution in [2.75, 3.05) is 5.32 Å². The highest BCUT2D eigenvalue weighted by atomic mass is 79.9. The van der Waals surface area contributed by atoms with Gasteiger partial charge in [0, 0.05) is 8.95 Å². The molecule has 0 aromatic heterocycles. The van der Waals surface area contributed by atoms with Crippen LogP contribution in [0.2, 0.25) is 0 Å². The molecular formula is C16H17Br2N3. The molecule has 0 saturated heterocycles. The molecule has 0 aliphatic rings. The Hall–Kier alpha value is -1.33. The number of hydrogen-bond acceptors (Lipinski definition) is 1. The van der Waals surface area contributed by atoms with E-state index < -0.39 is 0 Å². The Labute approximate surface area is 141 Å². The zero-order valence-electron chi connectivity index (χ0n) is 11.7. The van der Waals surface area contributed by atoms with Crippen molar-refractivity contribution in [2.45, 2.75) is 19.9 Å². The van der Waals surface area contributed by atoms with Crippen molar-refractivity contribution in [3.05, 3.63) is 62.5 Å². The van der Waals surface area contributed by atoms with Gasteiger partial charge in [-0.05, 0) is 51.7 Å². The van der Waals surface area contributed by atoms with Gasteiger partial charge in [0.2, 0.25) is 0 Å². The molecule has 21 heavy (non-hydrogen) atoms. The third-order valence-corrected chi connectivity index (χ3v) is 4.21. The van der Waals surface area contributed by atoms with Gasteiger partial charge < -0.3 is 11.1 Å². The Morgan fingerprint density at radius 1 is 1.14 bits per heavy atom. The molecule has 0 aliphatic heterocycles. The fraction of sp³-hybridized carbons (Fsp3) is 0.188. The summed E-state index contributed by atoms with van der Waals surface area (Å²) in [6.07, 6.45) is 1.02. The minimum Gasteiger partial charge on any atom is -0.370 e. The first-order valence-corrected chi connectivity index (χ1v) is 8.27. The number of nitrogens with one attached hydrogen (secondary N) is 1. The summed E-state index contributed by atoms with van der Waals surface area (Å²) in [5.74, 6) is 0.399. The van der Waals surface area contributed by atoms with E-state index in [-0.39, 0.29) is 0 Å². The lowest BCUT2D eigenvalue weighted by Crippen LogP contribution is -2.22. The Balaban J connectivity index is 2.05. The van der Waals surface area contributed by atoms with Crippen molar-refractivity contribution in [1.82, 2.24) is 0 Å². The molecule has 0 amide bonds. The van der Waals surface area contributed by atoms with Crippen molar-refractivity contribution in [3.63, 3.8) is 0 Å². The summed E-state index contributed by atoms with van der Waals surface area (Å²) >= 11 is 6.92. The van der Waals surface area contributed by atoms with E-state index in [4.69, 9.17) is 5.73 Å². The highest BCUT2D eigenvalue weighted by Gasteiger charge is 2.02. The zero-order valence-corrected chi connectivity index (χ0v) is 14.9. The van der Waals surface area contributed by atoms with E-state index in [1.54, 1.807) is 0 Å². The normalized spacial score (nSPS) is 11.5. The number of nitrogens with zero attached hydrogens (tertiary/aromatic N) is 1. The van der Waals surface area contributed by atoms with Gasteiger partial charge in [-0.15, -0.1) is 0 Å². The predicted octanol–water partition coefficient (Wildman–Crippen LogP) is 4.70. The van der Waals surface area contributed by atoms with Gasteiger partial charge >= 0.3 is 0 Å². The van der Waals surface area contributed by atoms with Crippen LogP contribution in [0.5, 0.6) is 0 Å². The molecule has 2 aromatic carbocycles. The molecule has 3 nitrogen and oxygen atoms in total. The number of halogens is 2. The topological polar surface area (TPSA) is 50.4 Å². The molecule has 0 spiro atoms. The van der Waals surface area contributed by atoms with E-state index in [0.717, 1.165) is 26.6 Å². The number of aliphatic imine (C=N–C) groups is 1. The first-order valence-electron chi connectivity index (χ1n) is 6.68. The molecule has 3 N–H and O–H groups in total. The highest BCUT2D eigenvalue weighted by Crippen LogP contribution is 2.25. The van der Waals surface area contributed by atoms with Crippen molar-refractivity contribution in [1.29, 1.82) is 0 Å². The van der Waals surface area contributed by atoms with Gasteiger partial charge in [0.1, 0.15) is 0 Å². The van der Waals surface area contributed by atoms with Crippen LogP contribution in [-0.2, 0) is 13.0 Å². The molecule has 5 heteroatoms. The lowest BCUT2D eigenvalue weighted by Gasteiger charge is -2.08. The lowest BCUT2D eigenvalue weighted by molar-refractivity contribution is 1.04. The lowest BCUT2D eigenvalue weighted by atomic mass is 10.1. The summed E-state index contributed by atoms with van der Waals surface area (Å²) in [5.41, 5.74) is 9.30. The standard InChI is InChI=1S/C16H17Br2N3/c1-2-11-4-3-5-12(8-11)10-20-16(19)21-15-9-13(17)6-7-14(15)18/h3-9H,2,10H2,1H3,(H3,19,20,21). The van der Waals surface area contributed by atoms with Crippen molar-refractivity contribution >= 4 is 43.5 Å². The number of rotatable bonds is 4. The van der Waals surface area contributed by atoms with Crippen molar-refractivity contribution in [3.8, 4) is 0 Å². The smallest absolute Gasteiger partial charge is 0.193 e. The van der Waals surface area contributed by atoms with Gasteiger partial charge in [0.15, 0.2) is 5.96 Å². The third kappa shape index (κ3) is 4.86. The maximum Gasteiger partial charge on any atom is 0.193 e. The molecule has 0 unspecified atom stereocenters. The largest absolute Gasteiger partial charge is 0.370 e. The van der Waals surface area contributed by atoms with Crippen molar-refractivity contribution < 1.29 is 0 Å². The predicted molar refractivity (Wildman–Crippen MR) is 96.6 cm³/mol. The second-order valence-corrected chi connectivity index (χ2v) is 6.39.